The molecule has 0 aromatic heterocycles. The van der Waals surface area contributed by atoms with Crippen LogP contribution in [-0.4, -0.2) is 195 Å². The van der Waals surface area contributed by atoms with E-state index in [1.54, 1.807) is 24.3 Å². The van der Waals surface area contributed by atoms with Gasteiger partial charge in [0.25, 0.3) is 11.8 Å². The maximum absolute atomic E-state index is 12.3. The van der Waals surface area contributed by atoms with Crippen LogP contribution >= 0.6 is 0 Å². The smallest absolute Gasteiger partial charge is 0.261 e. The van der Waals surface area contributed by atoms with E-state index >= 15 is 0 Å². The molecule has 0 atom stereocenters. The van der Waals surface area contributed by atoms with E-state index < -0.39 is 0 Å². The standard InChI is InChI=1S/C37H59NO15/c1-2-8-41-10-12-43-14-16-45-18-20-47-22-24-49-26-28-51-30-32-53-33-31-52-29-27-50-25-23-48-21-19-46-17-15-44-13-11-42-9-7-38-36(39)34-5-3-4-6-35(34)37(38)40/h1,3-6H,7-33H2. The van der Waals surface area contributed by atoms with Gasteiger partial charge in [0, 0.05) is 0 Å². The first-order chi connectivity index (χ1) is 26.3. The summed E-state index contributed by atoms with van der Waals surface area (Å²) < 4.78 is 70.6. The predicted octanol–water partition coefficient (Wildman–Crippen LogP) is 1.13. The number of hydrogen-bond donors (Lipinski definition) is 0. The van der Waals surface area contributed by atoms with Gasteiger partial charge in [-0.25, -0.2) is 0 Å². The summed E-state index contributed by atoms with van der Waals surface area (Å²) in [6.45, 7) is 12.1. The van der Waals surface area contributed by atoms with E-state index in [4.69, 9.17) is 68.0 Å². The Hall–Kier alpha value is -2.60. The van der Waals surface area contributed by atoms with E-state index in [2.05, 4.69) is 5.92 Å². The van der Waals surface area contributed by atoms with Crippen molar-refractivity contribution in [1.82, 2.24) is 4.90 Å². The second kappa shape index (κ2) is 35.1. The monoisotopic (exact) mass is 757 g/mol. The Kier molecular flexibility index (Phi) is 30.9. The number of rotatable bonds is 40. The lowest BCUT2D eigenvalue weighted by Crippen LogP contribution is -2.33. The summed E-state index contributed by atoms with van der Waals surface area (Å²) in [5, 5.41) is 0. The van der Waals surface area contributed by atoms with Crippen molar-refractivity contribution < 1.29 is 71.2 Å². The van der Waals surface area contributed by atoms with Gasteiger partial charge in [-0.3, -0.25) is 14.5 Å². The van der Waals surface area contributed by atoms with Crippen molar-refractivity contribution in [1.29, 1.82) is 0 Å². The van der Waals surface area contributed by atoms with Gasteiger partial charge in [-0.1, -0.05) is 18.1 Å². The maximum Gasteiger partial charge on any atom is 0.261 e. The molecule has 0 N–H and O–H groups in total. The van der Waals surface area contributed by atoms with Crippen LogP contribution in [0.5, 0.6) is 0 Å². The van der Waals surface area contributed by atoms with Crippen LogP contribution in [0.3, 0.4) is 0 Å². The van der Waals surface area contributed by atoms with E-state index in [1.165, 1.54) is 4.90 Å². The van der Waals surface area contributed by atoms with Crippen molar-refractivity contribution in [3.8, 4) is 12.3 Å². The maximum atomic E-state index is 12.3. The summed E-state index contributed by atoms with van der Waals surface area (Å²) in [7, 11) is 0. The van der Waals surface area contributed by atoms with E-state index in [9.17, 15) is 9.59 Å². The third-order valence-corrected chi connectivity index (χ3v) is 6.99. The zero-order valence-electron chi connectivity index (χ0n) is 31.0. The molecule has 0 unspecified atom stereocenters. The molecule has 2 rings (SSSR count). The molecule has 53 heavy (non-hydrogen) atoms. The lowest BCUT2D eigenvalue weighted by Gasteiger charge is -2.13. The molecular weight excluding hydrogens is 698 g/mol. The molecule has 0 radical (unpaired) electrons. The number of benzene rings is 1. The van der Waals surface area contributed by atoms with Gasteiger partial charge in [-0.05, 0) is 12.1 Å². The van der Waals surface area contributed by atoms with Gasteiger partial charge in [0.15, 0.2) is 0 Å². The molecule has 1 aromatic rings. The number of fused-ring (bicyclic) bond motifs is 1. The van der Waals surface area contributed by atoms with Crippen LogP contribution in [0, 0.1) is 12.3 Å². The Morgan fingerprint density at radius 3 is 0.849 bits per heavy atom. The SMILES string of the molecule is C#CCOCCOCCOCCOCCOCCOCCOCCOCCOCCOCCOCCOCCOCCN1C(=O)c2ccccc2C1=O. The molecule has 0 fully saturated rings. The molecule has 0 saturated carbocycles. The van der Waals surface area contributed by atoms with Crippen molar-refractivity contribution >= 4 is 11.8 Å². The second-order valence-electron chi connectivity index (χ2n) is 10.9. The fourth-order valence-electron chi connectivity index (χ4n) is 4.37. The molecule has 0 spiro atoms. The van der Waals surface area contributed by atoms with Gasteiger partial charge in [0.1, 0.15) is 6.61 Å². The van der Waals surface area contributed by atoms with Gasteiger partial charge in [-0.15, -0.1) is 6.42 Å². The highest BCUT2D eigenvalue weighted by Gasteiger charge is 2.34. The molecule has 16 nitrogen and oxygen atoms in total. The third-order valence-electron chi connectivity index (χ3n) is 6.99. The zero-order valence-corrected chi connectivity index (χ0v) is 31.0. The molecule has 1 aromatic carbocycles. The summed E-state index contributed by atoms with van der Waals surface area (Å²) >= 11 is 0. The Balaban J connectivity index is 1.15. The Labute approximate surface area is 313 Å². The molecule has 1 aliphatic heterocycles. The minimum atomic E-state index is -0.280. The Bertz CT molecular complexity index is 1040. The molecule has 1 aliphatic rings. The summed E-state index contributed by atoms with van der Waals surface area (Å²) in [5.41, 5.74) is 0.879. The molecule has 302 valence electrons. The zero-order chi connectivity index (χ0) is 37.7. The number of ether oxygens (including phenoxy) is 13. The first-order valence-corrected chi connectivity index (χ1v) is 18.1. The normalized spacial score (nSPS) is 12.5. The largest absolute Gasteiger partial charge is 0.377 e. The van der Waals surface area contributed by atoms with Crippen LogP contribution in [0.25, 0.3) is 0 Å². The summed E-state index contributed by atoms with van der Waals surface area (Å²) in [4.78, 5) is 25.8. The van der Waals surface area contributed by atoms with Crippen molar-refractivity contribution in [2.24, 2.45) is 0 Å². The van der Waals surface area contributed by atoms with E-state index in [0.29, 0.717) is 176 Å². The lowest BCUT2D eigenvalue weighted by molar-refractivity contribution is -0.0289. The molecule has 0 aliphatic carbocycles. The van der Waals surface area contributed by atoms with E-state index in [1.807, 2.05) is 0 Å². The van der Waals surface area contributed by atoms with Gasteiger partial charge in [0.05, 0.1) is 183 Å². The van der Waals surface area contributed by atoms with Crippen LogP contribution in [0.4, 0.5) is 0 Å². The fourth-order valence-corrected chi connectivity index (χ4v) is 4.37. The molecule has 2 amide bonds. The molecule has 1 heterocycles. The molecule has 16 heteroatoms. The lowest BCUT2D eigenvalue weighted by atomic mass is 10.1. The van der Waals surface area contributed by atoms with Crippen LogP contribution in [0.2, 0.25) is 0 Å². The average molecular weight is 758 g/mol. The average Bonchev–Trinajstić information content (AvgIpc) is 3.42. The highest BCUT2D eigenvalue weighted by molar-refractivity contribution is 6.21. The van der Waals surface area contributed by atoms with Crippen LogP contribution in [0.1, 0.15) is 20.7 Å². The third kappa shape index (κ3) is 25.2. The van der Waals surface area contributed by atoms with Crippen molar-refractivity contribution in [3.63, 3.8) is 0 Å². The first kappa shape index (κ1) is 46.6. The number of hydrogen-bond acceptors (Lipinski definition) is 15. The topological polar surface area (TPSA) is 157 Å². The Morgan fingerprint density at radius 2 is 0.604 bits per heavy atom. The number of carbonyl (C=O) groups excluding carboxylic acids is 2. The molecule has 0 bridgehead atoms. The minimum Gasteiger partial charge on any atom is -0.377 e. The van der Waals surface area contributed by atoms with Crippen molar-refractivity contribution in [2.75, 3.05) is 178 Å². The van der Waals surface area contributed by atoms with Gasteiger partial charge < -0.3 is 61.6 Å². The van der Waals surface area contributed by atoms with Crippen LogP contribution < -0.4 is 0 Å². The summed E-state index contributed by atoms with van der Waals surface area (Å²) in [6, 6.07) is 6.81. The second-order valence-corrected chi connectivity index (χ2v) is 10.9. The molecular formula is C37H59NO15. The number of nitrogens with zero attached hydrogens (tertiary/aromatic N) is 1. The van der Waals surface area contributed by atoms with Gasteiger partial charge in [0.2, 0.25) is 0 Å². The van der Waals surface area contributed by atoms with Crippen LogP contribution in [-0.2, 0) is 61.6 Å². The quantitative estimate of drug-likeness (QED) is 0.0533. The molecule has 0 saturated heterocycles. The Morgan fingerprint density at radius 1 is 0.377 bits per heavy atom. The highest BCUT2D eigenvalue weighted by Crippen LogP contribution is 2.21. The number of carbonyl (C=O) groups is 2. The van der Waals surface area contributed by atoms with E-state index in [-0.39, 0.29) is 25.0 Å². The van der Waals surface area contributed by atoms with Crippen molar-refractivity contribution in [2.45, 2.75) is 0 Å². The predicted molar refractivity (Wildman–Crippen MR) is 191 cm³/mol. The summed E-state index contributed by atoms with van der Waals surface area (Å²) in [5.74, 6) is 1.83. The van der Waals surface area contributed by atoms with Gasteiger partial charge in [-0.2, -0.15) is 0 Å². The number of terminal acetylenes is 1. The van der Waals surface area contributed by atoms with Crippen LogP contribution in [0.15, 0.2) is 24.3 Å². The van der Waals surface area contributed by atoms with Crippen molar-refractivity contribution in [3.05, 3.63) is 35.4 Å². The van der Waals surface area contributed by atoms with Gasteiger partial charge >= 0.3 is 0 Å². The summed E-state index contributed by atoms with van der Waals surface area (Å²) in [6.07, 6.45) is 5.08. The number of amides is 2. The highest BCUT2D eigenvalue weighted by atomic mass is 16.6. The minimum absolute atomic E-state index is 0.211. The first-order valence-electron chi connectivity index (χ1n) is 18.1. The fraction of sp³-hybridized carbons (Fsp3) is 0.730. The van der Waals surface area contributed by atoms with E-state index in [0.717, 1.165) is 0 Å². The number of imide groups is 1.